The Labute approximate surface area is 130 Å². The standard InChI is InChI=1S/C20H22O2/c21-18-7-15-1-2-17(6-16(15)8-19(18)22)20-9-12-3-13(10-20)5-14(4-12)11-20/h1-2,6-8,12-14,21-22H,3-5,9-11H2. The van der Waals surface area contributed by atoms with Crippen molar-refractivity contribution in [1.29, 1.82) is 0 Å². The topological polar surface area (TPSA) is 40.5 Å². The van der Waals surface area contributed by atoms with Gasteiger partial charge in [0.25, 0.3) is 0 Å². The maximum atomic E-state index is 9.79. The maximum Gasteiger partial charge on any atom is 0.158 e. The maximum absolute atomic E-state index is 9.79. The third kappa shape index (κ3) is 1.73. The monoisotopic (exact) mass is 294 g/mol. The summed E-state index contributed by atoms with van der Waals surface area (Å²) in [6.45, 7) is 0. The fraction of sp³-hybridized carbons (Fsp3) is 0.500. The van der Waals surface area contributed by atoms with Gasteiger partial charge < -0.3 is 10.2 Å². The first-order valence-electron chi connectivity index (χ1n) is 8.57. The van der Waals surface area contributed by atoms with Gasteiger partial charge >= 0.3 is 0 Å². The number of hydrogen-bond donors (Lipinski definition) is 2. The van der Waals surface area contributed by atoms with E-state index in [1.165, 1.54) is 44.1 Å². The summed E-state index contributed by atoms with van der Waals surface area (Å²) < 4.78 is 0. The lowest BCUT2D eigenvalue weighted by molar-refractivity contribution is -0.00513. The molecule has 0 heterocycles. The lowest BCUT2D eigenvalue weighted by Crippen LogP contribution is -2.48. The highest BCUT2D eigenvalue weighted by molar-refractivity contribution is 5.86. The van der Waals surface area contributed by atoms with Crippen molar-refractivity contribution in [2.45, 2.75) is 43.9 Å². The Balaban J connectivity index is 1.63. The molecule has 0 spiro atoms. The van der Waals surface area contributed by atoms with Gasteiger partial charge in [0.05, 0.1) is 0 Å². The Kier molecular flexibility index (Phi) is 2.44. The van der Waals surface area contributed by atoms with Gasteiger partial charge in [-0.15, -0.1) is 0 Å². The van der Waals surface area contributed by atoms with Crippen LogP contribution in [0, 0.1) is 17.8 Å². The number of benzene rings is 2. The summed E-state index contributed by atoms with van der Waals surface area (Å²) in [5.74, 6) is 2.77. The predicted molar refractivity (Wildman–Crippen MR) is 87.1 cm³/mol. The molecule has 22 heavy (non-hydrogen) atoms. The summed E-state index contributed by atoms with van der Waals surface area (Å²) in [6.07, 6.45) is 8.45. The van der Waals surface area contributed by atoms with E-state index in [1.807, 2.05) is 0 Å². The fourth-order valence-electron chi connectivity index (χ4n) is 6.07. The number of phenolic OH excluding ortho intramolecular Hbond substituents is 2. The van der Waals surface area contributed by atoms with E-state index >= 15 is 0 Å². The van der Waals surface area contributed by atoms with E-state index in [1.54, 1.807) is 12.1 Å². The van der Waals surface area contributed by atoms with Gasteiger partial charge in [-0.25, -0.2) is 0 Å². The van der Waals surface area contributed by atoms with Gasteiger partial charge in [0.2, 0.25) is 0 Å². The van der Waals surface area contributed by atoms with Crippen LogP contribution in [0.4, 0.5) is 0 Å². The van der Waals surface area contributed by atoms with E-state index in [0.29, 0.717) is 5.41 Å². The van der Waals surface area contributed by atoms with Crippen LogP contribution in [0.1, 0.15) is 44.1 Å². The highest BCUT2D eigenvalue weighted by atomic mass is 16.3. The highest BCUT2D eigenvalue weighted by Crippen LogP contribution is 2.60. The minimum Gasteiger partial charge on any atom is -0.504 e. The first-order valence-corrected chi connectivity index (χ1v) is 8.57. The molecule has 4 saturated carbocycles. The van der Waals surface area contributed by atoms with Crippen LogP contribution in [0.3, 0.4) is 0 Å². The molecule has 0 aliphatic heterocycles. The van der Waals surface area contributed by atoms with Gasteiger partial charge in [0.1, 0.15) is 0 Å². The van der Waals surface area contributed by atoms with Crippen molar-refractivity contribution >= 4 is 10.8 Å². The first-order chi connectivity index (χ1) is 10.6. The summed E-state index contributed by atoms with van der Waals surface area (Å²) >= 11 is 0. The van der Waals surface area contributed by atoms with Gasteiger partial charge in [-0.05, 0) is 90.2 Å². The van der Waals surface area contributed by atoms with Gasteiger partial charge in [-0.3, -0.25) is 0 Å². The van der Waals surface area contributed by atoms with Gasteiger partial charge in [0.15, 0.2) is 11.5 Å². The van der Waals surface area contributed by atoms with E-state index < -0.39 is 0 Å². The van der Waals surface area contributed by atoms with Crippen molar-refractivity contribution in [3.8, 4) is 11.5 Å². The minimum absolute atomic E-state index is 0.0184. The molecule has 2 N–H and O–H groups in total. The SMILES string of the molecule is Oc1cc2ccc(C34CC5CC(CC(C5)C3)C4)cc2cc1O. The third-order valence-corrected chi connectivity index (χ3v) is 6.58. The van der Waals surface area contributed by atoms with Crippen LogP contribution in [0.25, 0.3) is 10.8 Å². The largest absolute Gasteiger partial charge is 0.504 e. The molecule has 2 aromatic carbocycles. The Morgan fingerprint density at radius 1 is 0.727 bits per heavy atom. The van der Waals surface area contributed by atoms with Crippen LogP contribution in [0.15, 0.2) is 30.3 Å². The second kappa shape index (κ2) is 4.18. The van der Waals surface area contributed by atoms with Crippen LogP contribution >= 0.6 is 0 Å². The van der Waals surface area contributed by atoms with Crippen LogP contribution < -0.4 is 0 Å². The number of rotatable bonds is 1. The number of fused-ring (bicyclic) bond motifs is 1. The third-order valence-electron chi connectivity index (χ3n) is 6.58. The lowest BCUT2D eigenvalue weighted by Gasteiger charge is -2.57. The molecule has 4 aliphatic rings. The normalized spacial score (nSPS) is 36.1. The molecule has 2 nitrogen and oxygen atoms in total. The zero-order valence-corrected chi connectivity index (χ0v) is 12.8. The molecule has 0 unspecified atom stereocenters. The van der Waals surface area contributed by atoms with Gasteiger partial charge in [0, 0.05) is 0 Å². The average Bonchev–Trinajstić information content (AvgIpc) is 2.46. The van der Waals surface area contributed by atoms with Gasteiger partial charge in [-0.2, -0.15) is 0 Å². The molecule has 114 valence electrons. The molecule has 2 heteroatoms. The van der Waals surface area contributed by atoms with E-state index in [9.17, 15) is 10.2 Å². The fourth-order valence-corrected chi connectivity index (χ4v) is 6.07. The van der Waals surface area contributed by atoms with Gasteiger partial charge in [-0.1, -0.05) is 18.2 Å². The number of hydrogen-bond acceptors (Lipinski definition) is 2. The van der Waals surface area contributed by atoms with Crippen molar-refractivity contribution < 1.29 is 10.2 Å². The Morgan fingerprint density at radius 2 is 1.27 bits per heavy atom. The van der Waals surface area contributed by atoms with Crippen LogP contribution in [0.2, 0.25) is 0 Å². The summed E-state index contributed by atoms with van der Waals surface area (Å²) in [4.78, 5) is 0. The van der Waals surface area contributed by atoms with Crippen molar-refractivity contribution in [2.24, 2.45) is 17.8 Å². The van der Waals surface area contributed by atoms with Crippen molar-refractivity contribution in [1.82, 2.24) is 0 Å². The molecule has 0 saturated heterocycles. The summed E-state index contributed by atoms with van der Waals surface area (Å²) in [5, 5.41) is 21.5. The molecule has 6 rings (SSSR count). The second-order valence-corrected chi connectivity index (χ2v) is 8.10. The molecule has 0 radical (unpaired) electrons. The van der Waals surface area contributed by atoms with Crippen LogP contribution in [-0.2, 0) is 5.41 Å². The molecule has 4 bridgehead atoms. The number of phenols is 2. The Morgan fingerprint density at radius 3 is 1.86 bits per heavy atom. The average molecular weight is 294 g/mol. The Bertz CT molecular complexity index is 726. The smallest absolute Gasteiger partial charge is 0.158 e. The quantitative estimate of drug-likeness (QED) is 0.747. The molecule has 0 atom stereocenters. The predicted octanol–water partition coefficient (Wildman–Crippen LogP) is 4.72. The molecular weight excluding hydrogens is 272 g/mol. The number of aromatic hydroxyl groups is 2. The molecule has 0 amide bonds. The molecule has 4 aliphatic carbocycles. The van der Waals surface area contributed by atoms with Crippen molar-refractivity contribution in [2.75, 3.05) is 0 Å². The molecule has 0 aromatic heterocycles. The lowest BCUT2D eigenvalue weighted by atomic mass is 9.48. The van der Waals surface area contributed by atoms with E-state index in [4.69, 9.17) is 0 Å². The molecule has 2 aromatic rings. The second-order valence-electron chi connectivity index (χ2n) is 8.10. The zero-order valence-electron chi connectivity index (χ0n) is 12.8. The highest BCUT2D eigenvalue weighted by Gasteiger charge is 2.51. The van der Waals surface area contributed by atoms with Crippen LogP contribution in [0.5, 0.6) is 11.5 Å². The summed E-state index contributed by atoms with van der Waals surface area (Å²) in [6, 6.07) is 10.0. The van der Waals surface area contributed by atoms with Crippen molar-refractivity contribution in [3.63, 3.8) is 0 Å². The van der Waals surface area contributed by atoms with E-state index in [0.717, 1.165) is 28.5 Å². The summed E-state index contributed by atoms with van der Waals surface area (Å²) in [7, 11) is 0. The Hall–Kier alpha value is -1.70. The van der Waals surface area contributed by atoms with E-state index in [2.05, 4.69) is 18.2 Å². The molecule has 4 fully saturated rings. The molecular formula is C20H22O2. The van der Waals surface area contributed by atoms with Crippen molar-refractivity contribution in [3.05, 3.63) is 35.9 Å². The minimum atomic E-state index is -0.0324. The van der Waals surface area contributed by atoms with E-state index in [-0.39, 0.29) is 11.5 Å². The summed E-state index contributed by atoms with van der Waals surface area (Å²) in [5.41, 5.74) is 1.85. The zero-order chi connectivity index (χ0) is 14.9. The first kappa shape index (κ1) is 12.8. The van der Waals surface area contributed by atoms with Crippen LogP contribution in [-0.4, -0.2) is 10.2 Å².